The number of carbonyl (C=O) groups is 2. The van der Waals surface area contributed by atoms with Crippen molar-refractivity contribution in [3.63, 3.8) is 0 Å². The van der Waals surface area contributed by atoms with Gasteiger partial charge in [-0.3, -0.25) is 9.78 Å². The van der Waals surface area contributed by atoms with Crippen LogP contribution >= 0.6 is 0 Å². The second-order valence-corrected chi connectivity index (χ2v) is 4.98. The van der Waals surface area contributed by atoms with Crippen molar-refractivity contribution in [3.05, 3.63) is 35.7 Å². The van der Waals surface area contributed by atoms with Crippen molar-refractivity contribution in [3.8, 4) is 0 Å². The Kier molecular flexibility index (Phi) is 4.50. The van der Waals surface area contributed by atoms with Crippen molar-refractivity contribution < 1.29 is 14.7 Å². The highest BCUT2D eigenvalue weighted by molar-refractivity contribution is 5.97. The van der Waals surface area contributed by atoms with Crippen molar-refractivity contribution in [1.29, 1.82) is 0 Å². The Bertz CT molecular complexity index is 540. The third kappa shape index (κ3) is 3.66. The Balaban J connectivity index is 2.04. The molecule has 1 aliphatic carbocycles. The molecular weight excluding hydrogens is 256 g/mol. The fourth-order valence-electron chi connectivity index (χ4n) is 2.25. The van der Waals surface area contributed by atoms with Crippen molar-refractivity contribution in [2.75, 3.05) is 0 Å². The molecule has 0 bridgehead atoms. The number of amides is 1. The van der Waals surface area contributed by atoms with Crippen LogP contribution in [0.5, 0.6) is 0 Å². The van der Waals surface area contributed by atoms with Gasteiger partial charge >= 0.3 is 5.97 Å². The fraction of sp³-hybridized carbons (Fsp3) is 0.400. The van der Waals surface area contributed by atoms with Gasteiger partial charge in [-0.05, 0) is 30.9 Å². The van der Waals surface area contributed by atoms with E-state index >= 15 is 0 Å². The summed E-state index contributed by atoms with van der Waals surface area (Å²) in [4.78, 5) is 26.8. The molecule has 2 atom stereocenters. The van der Waals surface area contributed by atoms with Gasteiger partial charge in [0.05, 0.1) is 0 Å². The van der Waals surface area contributed by atoms with E-state index in [9.17, 15) is 9.59 Å². The molecule has 1 amide bonds. The molecule has 2 rings (SSSR count). The van der Waals surface area contributed by atoms with E-state index in [1.54, 1.807) is 12.1 Å². The van der Waals surface area contributed by atoms with Gasteiger partial charge in [0.25, 0.3) is 5.91 Å². The molecule has 2 N–H and O–H groups in total. The number of aromatic nitrogens is 1. The molecule has 0 aromatic carbocycles. The summed E-state index contributed by atoms with van der Waals surface area (Å²) in [7, 11) is 0. The number of carboxylic acids is 1. The van der Waals surface area contributed by atoms with E-state index in [4.69, 9.17) is 5.11 Å². The zero-order chi connectivity index (χ0) is 14.5. The van der Waals surface area contributed by atoms with Crippen LogP contribution in [0.15, 0.2) is 24.4 Å². The minimum Gasteiger partial charge on any atom is -0.478 e. The van der Waals surface area contributed by atoms with E-state index in [2.05, 4.69) is 17.2 Å². The quantitative estimate of drug-likeness (QED) is 0.778. The van der Waals surface area contributed by atoms with E-state index in [0.717, 1.165) is 25.3 Å². The van der Waals surface area contributed by atoms with Gasteiger partial charge < -0.3 is 10.4 Å². The summed E-state index contributed by atoms with van der Waals surface area (Å²) in [5, 5.41) is 11.6. The molecule has 2 unspecified atom stereocenters. The SMILES string of the molecule is CCCC1CC1NC(=O)c1ncccc1/C=C/C(=O)O. The van der Waals surface area contributed by atoms with E-state index in [1.165, 1.54) is 12.3 Å². The Morgan fingerprint density at radius 2 is 2.35 bits per heavy atom. The summed E-state index contributed by atoms with van der Waals surface area (Å²) in [6.07, 6.45) is 7.19. The number of carbonyl (C=O) groups excluding carboxylic acids is 1. The maximum atomic E-state index is 12.2. The van der Waals surface area contributed by atoms with Gasteiger partial charge in [-0.2, -0.15) is 0 Å². The van der Waals surface area contributed by atoms with Gasteiger partial charge in [0.15, 0.2) is 0 Å². The number of hydrogen-bond donors (Lipinski definition) is 2. The number of pyridine rings is 1. The summed E-state index contributed by atoms with van der Waals surface area (Å²) in [5.74, 6) is -0.713. The minimum atomic E-state index is -1.05. The van der Waals surface area contributed by atoms with Crippen LogP contribution in [0.1, 0.15) is 42.2 Å². The fourth-order valence-corrected chi connectivity index (χ4v) is 2.25. The highest BCUT2D eigenvalue weighted by atomic mass is 16.4. The maximum absolute atomic E-state index is 12.2. The first kappa shape index (κ1) is 14.2. The maximum Gasteiger partial charge on any atom is 0.328 e. The van der Waals surface area contributed by atoms with Crippen molar-refractivity contribution in [2.45, 2.75) is 32.2 Å². The normalized spacial score (nSPS) is 20.9. The lowest BCUT2D eigenvalue weighted by atomic mass is 10.1. The smallest absolute Gasteiger partial charge is 0.328 e. The van der Waals surface area contributed by atoms with Gasteiger partial charge in [-0.15, -0.1) is 0 Å². The lowest BCUT2D eigenvalue weighted by Crippen LogP contribution is -2.28. The summed E-state index contributed by atoms with van der Waals surface area (Å²) in [5.41, 5.74) is 0.784. The van der Waals surface area contributed by atoms with Gasteiger partial charge in [-0.1, -0.05) is 19.4 Å². The van der Waals surface area contributed by atoms with E-state index < -0.39 is 5.97 Å². The molecule has 20 heavy (non-hydrogen) atoms. The molecule has 1 fully saturated rings. The first-order valence-electron chi connectivity index (χ1n) is 6.78. The number of rotatable bonds is 6. The summed E-state index contributed by atoms with van der Waals surface area (Å²) >= 11 is 0. The first-order chi connectivity index (χ1) is 9.61. The van der Waals surface area contributed by atoms with Gasteiger partial charge in [0.1, 0.15) is 5.69 Å². The zero-order valence-electron chi connectivity index (χ0n) is 11.4. The van der Waals surface area contributed by atoms with Gasteiger partial charge in [0.2, 0.25) is 0 Å². The molecule has 5 nitrogen and oxygen atoms in total. The topological polar surface area (TPSA) is 79.3 Å². The molecule has 1 saturated carbocycles. The molecule has 0 aliphatic heterocycles. The third-order valence-electron chi connectivity index (χ3n) is 3.36. The van der Waals surface area contributed by atoms with Crippen LogP contribution in [0.2, 0.25) is 0 Å². The number of nitrogens with zero attached hydrogens (tertiary/aromatic N) is 1. The van der Waals surface area contributed by atoms with Crippen LogP contribution in [0.4, 0.5) is 0 Å². The highest BCUT2D eigenvalue weighted by Crippen LogP contribution is 2.34. The lowest BCUT2D eigenvalue weighted by Gasteiger charge is -2.06. The van der Waals surface area contributed by atoms with Gasteiger partial charge in [-0.25, -0.2) is 4.79 Å². The van der Waals surface area contributed by atoms with Crippen LogP contribution in [-0.2, 0) is 4.79 Å². The van der Waals surface area contributed by atoms with Crippen molar-refractivity contribution >= 4 is 18.0 Å². The number of aliphatic carboxylic acids is 1. The third-order valence-corrected chi connectivity index (χ3v) is 3.36. The van der Waals surface area contributed by atoms with Crippen LogP contribution in [-0.4, -0.2) is 28.0 Å². The Labute approximate surface area is 117 Å². The van der Waals surface area contributed by atoms with Crippen LogP contribution in [0.3, 0.4) is 0 Å². The van der Waals surface area contributed by atoms with Crippen LogP contribution < -0.4 is 5.32 Å². The van der Waals surface area contributed by atoms with E-state index in [1.807, 2.05) is 0 Å². The predicted octanol–water partition coefficient (Wildman–Crippen LogP) is 2.10. The van der Waals surface area contributed by atoms with Crippen LogP contribution in [0, 0.1) is 5.92 Å². The average molecular weight is 274 g/mol. The lowest BCUT2D eigenvalue weighted by molar-refractivity contribution is -0.131. The van der Waals surface area contributed by atoms with Crippen LogP contribution in [0.25, 0.3) is 6.08 Å². The number of carboxylic acid groups (broad SMARTS) is 1. The Hall–Kier alpha value is -2.17. The molecule has 1 heterocycles. The molecule has 1 aliphatic rings. The highest BCUT2D eigenvalue weighted by Gasteiger charge is 2.37. The Morgan fingerprint density at radius 1 is 1.55 bits per heavy atom. The molecule has 5 heteroatoms. The summed E-state index contributed by atoms with van der Waals surface area (Å²) in [6.45, 7) is 2.13. The summed E-state index contributed by atoms with van der Waals surface area (Å²) in [6, 6.07) is 3.59. The molecule has 0 saturated heterocycles. The number of hydrogen-bond acceptors (Lipinski definition) is 3. The molecule has 106 valence electrons. The molecule has 1 aromatic rings. The molecule has 0 radical (unpaired) electrons. The summed E-state index contributed by atoms with van der Waals surface area (Å²) < 4.78 is 0. The largest absolute Gasteiger partial charge is 0.478 e. The van der Waals surface area contributed by atoms with Crippen molar-refractivity contribution in [2.24, 2.45) is 5.92 Å². The average Bonchev–Trinajstić information content (AvgIpc) is 3.15. The first-order valence-corrected chi connectivity index (χ1v) is 6.78. The molecule has 1 aromatic heterocycles. The number of nitrogens with one attached hydrogen (secondary N) is 1. The second kappa shape index (κ2) is 6.32. The predicted molar refractivity (Wildman–Crippen MR) is 75.2 cm³/mol. The monoisotopic (exact) mass is 274 g/mol. The molecule has 0 spiro atoms. The molecular formula is C15H18N2O3. The van der Waals surface area contributed by atoms with Gasteiger partial charge in [0, 0.05) is 23.9 Å². The van der Waals surface area contributed by atoms with E-state index in [0.29, 0.717) is 11.5 Å². The van der Waals surface area contributed by atoms with E-state index in [-0.39, 0.29) is 17.6 Å². The van der Waals surface area contributed by atoms with Crippen molar-refractivity contribution in [1.82, 2.24) is 10.3 Å². The second-order valence-electron chi connectivity index (χ2n) is 4.98. The zero-order valence-corrected chi connectivity index (χ0v) is 11.4. The standard InChI is InChI=1S/C15H18N2O3/c1-2-4-11-9-12(11)17-15(20)14-10(5-3-8-16-14)6-7-13(18)19/h3,5-8,11-12H,2,4,9H2,1H3,(H,17,20)(H,18,19)/b7-6+. The Morgan fingerprint density at radius 3 is 3.05 bits per heavy atom. The minimum absolute atomic E-state index is 0.237.